The van der Waals surface area contributed by atoms with E-state index in [-0.39, 0.29) is 0 Å². The summed E-state index contributed by atoms with van der Waals surface area (Å²) in [6.07, 6.45) is 4.16. The molecule has 0 aromatic carbocycles. The smallest absolute Gasteiger partial charge is 0.0118 e. The molecule has 0 saturated carbocycles. The summed E-state index contributed by atoms with van der Waals surface area (Å²) in [7, 11) is 0. The van der Waals surface area contributed by atoms with Crippen molar-refractivity contribution in [3.63, 3.8) is 0 Å². The van der Waals surface area contributed by atoms with Crippen molar-refractivity contribution < 1.29 is 0 Å². The predicted molar refractivity (Wildman–Crippen MR) is 49.6 cm³/mol. The van der Waals surface area contributed by atoms with Gasteiger partial charge in [0.1, 0.15) is 0 Å². The maximum Gasteiger partial charge on any atom is 0.0118 e. The highest BCUT2D eigenvalue weighted by molar-refractivity contribution is 4.82. The summed E-state index contributed by atoms with van der Waals surface area (Å²) in [4.78, 5) is 0. The molecule has 1 heteroatoms. The van der Waals surface area contributed by atoms with E-state index >= 15 is 0 Å². The van der Waals surface area contributed by atoms with Gasteiger partial charge in [-0.15, -0.1) is 0 Å². The normalized spacial score (nSPS) is 32.7. The van der Waals surface area contributed by atoms with E-state index in [2.05, 4.69) is 26.1 Å². The van der Waals surface area contributed by atoms with Crippen LogP contribution in [-0.2, 0) is 0 Å². The third kappa shape index (κ3) is 2.19. The Morgan fingerprint density at radius 3 is 2.64 bits per heavy atom. The van der Waals surface area contributed by atoms with Crippen molar-refractivity contribution in [3.8, 4) is 0 Å². The topological polar surface area (TPSA) is 12.0 Å². The molecule has 1 heterocycles. The molecule has 0 aromatic heterocycles. The van der Waals surface area contributed by atoms with Gasteiger partial charge in [0, 0.05) is 6.04 Å². The average molecular weight is 155 g/mol. The first-order valence-electron chi connectivity index (χ1n) is 4.99. The standard InChI is InChI=1S/C10H21N/c1-4-9-6-5-7-11-10(9)8(2)3/h8-11H,4-7H2,1-3H3. The summed E-state index contributed by atoms with van der Waals surface area (Å²) in [6, 6.07) is 0.786. The lowest BCUT2D eigenvalue weighted by Crippen LogP contribution is -2.44. The van der Waals surface area contributed by atoms with Crippen LogP contribution in [0.15, 0.2) is 0 Å². The summed E-state index contributed by atoms with van der Waals surface area (Å²) in [5.74, 6) is 1.74. The molecule has 66 valence electrons. The number of rotatable bonds is 2. The number of nitrogens with one attached hydrogen (secondary N) is 1. The molecule has 1 saturated heterocycles. The molecule has 1 N–H and O–H groups in total. The lowest BCUT2D eigenvalue weighted by molar-refractivity contribution is 0.221. The lowest BCUT2D eigenvalue weighted by atomic mass is 9.83. The molecule has 0 radical (unpaired) electrons. The molecule has 1 aliphatic rings. The molecule has 2 unspecified atom stereocenters. The highest BCUT2D eigenvalue weighted by Gasteiger charge is 2.25. The Kier molecular flexibility index (Phi) is 3.38. The SMILES string of the molecule is CCC1CCCNC1C(C)C. The second kappa shape index (κ2) is 4.10. The molecule has 0 amide bonds. The van der Waals surface area contributed by atoms with Crippen LogP contribution < -0.4 is 5.32 Å². The van der Waals surface area contributed by atoms with Gasteiger partial charge in [-0.1, -0.05) is 27.2 Å². The van der Waals surface area contributed by atoms with E-state index in [0.29, 0.717) is 0 Å². The largest absolute Gasteiger partial charge is 0.313 e. The molecule has 1 fully saturated rings. The Morgan fingerprint density at radius 1 is 1.45 bits per heavy atom. The number of hydrogen-bond donors (Lipinski definition) is 1. The van der Waals surface area contributed by atoms with Crippen LogP contribution in [0.25, 0.3) is 0 Å². The van der Waals surface area contributed by atoms with Gasteiger partial charge in [0.2, 0.25) is 0 Å². The van der Waals surface area contributed by atoms with Crippen molar-refractivity contribution in [2.45, 2.75) is 46.1 Å². The average Bonchev–Trinajstić information content (AvgIpc) is 2.04. The van der Waals surface area contributed by atoms with E-state index in [4.69, 9.17) is 0 Å². The molecule has 1 nitrogen and oxygen atoms in total. The van der Waals surface area contributed by atoms with Gasteiger partial charge in [0.15, 0.2) is 0 Å². The third-order valence-corrected chi connectivity index (χ3v) is 2.88. The van der Waals surface area contributed by atoms with Crippen molar-refractivity contribution in [1.82, 2.24) is 5.32 Å². The van der Waals surface area contributed by atoms with Crippen LogP contribution in [0.1, 0.15) is 40.0 Å². The van der Waals surface area contributed by atoms with Gasteiger partial charge in [-0.05, 0) is 31.2 Å². The van der Waals surface area contributed by atoms with Crippen LogP contribution in [0.2, 0.25) is 0 Å². The van der Waals surface area contributed by atoms with Crippen LogP contribution >= 0.6 is 0 Å². The molecule has 0 spiro atoms. The zero-order chi connectivity index (χ0) is 8.27. The first-order chi connectivity index (χ1) is 5.25. The molecule has 1 aliphatic heterocycles. The van der Waals surface area contributed by atoms with Crippen molar-refractivity contribution in [2.75, 3.05) is 6.54 Å². The number of piperidine rings is 1. The Labute approximate surface area is 70.6 Å². The lowest BCUT2D eigenvalue weighted by Gasteiger charge is -2.34. The van der Waals surface area contributed by atoms with Gasteiger partial charge >= 0.3 is 0 Å². The van der Waals surface area contributed by atoms with E-state index in [0.717, 1.165) is 17.9 Å². The fraction of sp³-hybridized carbons (Fsp3) is 1.00. The molecular weight excluding hydrogens is 134 g/mol. The maximum absolute atomic E-state index is 3.62. The first kappa shape index (κ1) is 9.05. The van der Waals surface area contributed by atoms with Crippen molar-refractivity contribution >= 4 is 0 Å². The van der Waals surface area contributed by atoms with Crippen molar-refractivity contribution in [2.24, 2.45) is 11.8 Å². The highest BCUT2D eigenvalue weighted by Crippen LogP contribution is 2.24. The Hall–Kier alpha value is -0.0400. The molecule has 1 rings (SSSR count). The van der Waals surface area contributed by atoms with Gasteiger partial charge in [0.05, 0.1) is 0 Å². The summed E-state index contributed by atoms with van der Waals surface area (Å²) < 4.78 is 0. The fourth-order valence-corrected chi connectivity index (χ4v) is 2.22. The van der Waals surface area contributed by atoms with Crippen molar-refractivity contribution in [1.29, 1.82) is 0 Å². The Bertz CT molecular complexity index is 109. The minimum Gasteiger partial charge on any atom is -0.313 e. The molecule has 0 aromatic rings. The fourth-order valence-electron chi connectivity index (χ4n) is 2.22. The third-order valence-electron chi connectivity index (χ3n) is 2.88. The molecule has 2 atom stereocenters. The quantitative estimate of drug-likeness (QED) is 0.645. The zero-order valence-corrected chi connectivity index (χ0v) is 8.06. The van der Waals surface area contributed by atoms with E-state index in [9.17, 15) is 0 Å². The van der Waals surface area contributed by atoms with Crippen LogP contribution in [0.3, 0.4) is 0 Å². The van der Waals surface area contributed by atoms with E-state index in [1.807, 2.05) is 0 Å². The van der Waals surface area contributed by atoms with Gasteiger partial charge in [-0.2, -0.15) is 0 Å². The summed E-state index contributed by atoms with van der Waals surface area (Å²) >= 11 is 0. The zero-order valence-electron chi connectivity index (χ0n) is 8.06. The van der Waals surface area contributed by atoms with Crippen LogP contribution in [-0.4, -0.2) is 12.6 Å². The predicted octanol–water partition coefficient (Wildman–Crippen LogP) is 2.42. The number of hydrogen-bond acceptors (Lipinski definition) is 1. The Morgan fingerprint density at radius 2 is 2.18 bits per heavy atom. The highest BCUT2D eigenvalue weighted by atomic mass is 14.9. The molecule has 0 aliphatic carbocycles. The minimum absolute atomic E-state index is 0.786. The van der Waals surface area contributed by atoms with Crippen LogP contribution in [0.4, 0.5) is 0 Å². The van der Waals surface area contributed by atoms with E-state index in [1.54, 1.807) is 0 Å². The second-order valence-corrected chi connectivity index (χ2v) is 4.03. The van der Waals surface area contributed by atoms with E-state index in [1.165, 1.54) is 25.8 Å². The Balaban J connectivity index is 2.44. The summed E-state index contributed by atoms with van der Waals surface area (Å²) in [6.45, 7) is 8.20. The molecule has 11 heavy (non-hydrogen) atoms. The summed E-state index contributed by atoms with van der Waals surface area (Å²) in [5, 5.41) is 3.62. The summed E-state index contributed by atoms with van der Waals surface area (Å²) in [5.41, 5.74) is 0. The van der Waals surface area contributed by atoms with Crippen LogP contribution in [0, 0.1) is 11.8 Å². The van der Waals surface area contributed by atoms with Gasteiger partial charge in [0.25, 0.3) is 0 Å². The minimum atomic E-state index is 0.786. The second-order valence-electron chi connectivity index (χ2n) is 4.03. The van der Waals surface area contributed by atoms with E-state index < -0.39 is 0 Å². The molecule has 0 bridgehead atoms. The van der Waals surface area contributed by atoms with Crippen LogP contribution in [0.5, 0.6) is 0 Å². The van der Waals surface area contributed by atoms with Crippen molar-refractivity contribution in [3.05, 3.63) is 0 Å². The monoisotopic (exact) mass is 155 g/mol. The molecular formula is C10H21N. The maximum atomic E-state index is 3.62. The van der Waals surface area contributed by atoms with Gasteiger partial charge in [-0.3, -0.25) is 0 Å². The van der Waals surface area contributed by atoms with Gasteiger partial charge < -0.3 is 5.32 Å². The van der Waals surface area contributed by atoms with Gasteiger partial charge in [-0.25, -0.2) is 0 Å². The first-order valence-corrected chi connectivity index (χ1v) is 4.99.